The highest BCUT2D eigenvalue weighted by molar-refractivity contribution is 5.94. The lowest BCUT2D eigenvalue weighted by atomic mass is 10.0. The minimum atomic E-state index is -0.723. The third-order valence-corrected chi connectivity index (χ3v) is 6.76. The molecule has 2 aliphatic carbocycles. The Kier molecular flexibility index (Phi) is 10.1. The summed E-state index contributed by atoms with van der Waals surface area (Å²) in [6.45, 7) is 8.67. The Morgan fingerprint density at radius 1 is 1.03 bits per heavy atom. The number of likely N-dealkylation sites (N-methyl/N-ethyl adjacent to an activating group) is 1. The summed E-state index contributed by atoms with van der Waals surface area (Å²) in [5.74, 6) is -1.07. The number of nitriles is 1. The number of hydrogen-bond acceptors (Lipinski definition) is 5. The number of hydrogen-bond donors (Lipinski definition) is 2. The van der Waals surface area contributed by atoms with Gasteiger partial charge in [-0.05, 0) is 49.1 Å². The van der Waals surface area contributed by atoms with Gasteiger partial charge in [0.1, 0.15) is 12.1 Å². The average Bonchev–Trinajstić information content (AvgIpc) is 3.80. The van der Waals surface area contributed by atoms with Gasteiger partial charge in [0.05, 0.1) is 18.5 Å². The summed E-state index contributed by atoms with van der Waals surface area (Å²) >= 11 is 0. The van der Waals surface area contributed by atoms with Crippen molar-refractivity contribution in [3.05, 3.63) is 30.3 Å². The van der Waals surface area contributed by atoms with Gasteiger partial charge in [-0.25, -0.2) is 0 Å². The van der Waals surface area contributed by atoms with Gasteiger partial charge in [0.25, 0.3) is 0 Å². The lowest BCUT2D eigenvalue weighted by Crippen LogP contribution is -2.51. The maximum Gasteiger partial charge on any atom is 0.245 e. The zero-order valence-corrected chi connectivity index (χ0v) is 23.9. The molecule has 9 heteroatoms. The number of benzene rings is 1. The molecular weight excluding hydrogens is 494 g/mol. The molecule has 39 heavy (non-hydrogen) atoms. The fraction of sp³-hybridized carbons (Fsp3) is 0.633. The predicted octanol–water partition coefficient (Wildman–Crippen LogP) is 3.57. The number of rotatable bonds is 9. The monoisotopic (exact) mass is 537 g/mol. The van der Waals surface area contributed by atoms with Crippen LogP contribution >= 0.6 is 0 Å². The Morgan fingerprint density at radius 3 is 2.18 bits per heavy atom. The Labute approximate surface area is 232 Å². The van der Waals surface area contributed by atoms with E-state index in [-0.39, 0.29) is 49.1 Å². The topological polar surface area (TPSA) is 123 Å². The van der Waals surface area contributed by atoms with Crippen LogP contribution < -0.4 is 10.6 Å². The largest absolute Gasteiger partial charge is 0.344 e. The van der Waals surface area contributed by atoms with Gasteiger partial charge in [-0.2, -0.15) is 5.26 Å². The molecule has 0 bridgehead atoms. The summed E-state index contributed by atoms with van der Waals surface area (Å²) in [7, 11) is 1.54. The lowest BCUT2D eigenvalue weighted by Gasteiger charge is -2.27. The van der Waals surface area contributed by atoms with E-state index >= 15 is 0 Å². The Balaban J connectivity index is 0.000000771. The lowest BCUT2D eigenvalue weighted by molar-refractivity contribution is -0.141. The summed E-state index contributed by atoms with van der Waals surface area (Å²) in [5.41, 5.74) is 1.16. The van der Waals surface area contributed by atoms with E-state index in [2.05, 4.69) is 44.4 Å². The quantitative estimate of drug-likeness (QED) is 0.499. The van der Waals surface area contributed by atoms with Gasteiger partial charge in [0.2, 0.25) is 23.6 Å². The average molecular weight is 538 g/mol. The molecule has 0 spiro atoms. The molecule has 0 aromatic heterocycles. The van der Waals surface area contributed by atoms with Crippen LogP contribution in [0.1, 0.15) is 66.2 Å². The number of carbonyl (C=O) groups is 4. The van der Waals surface area contributed by atoms with E-state index in [4.69, 9.17) is 0 Å². The van der Waals surface area contributed by atoms with Crippen molar-refractivity contribution in [2.75, 3.05) is 25.5 Å². The van der Waals surface area contributed by atoms with Crippen LogP contribution in [-0.4, -0.2) is 65.6 Å². The molecule has 4 amide bonds. The molecule has 1 aromatic rings. The standard InChI is InChI=1S/C25H31N5O4.C5H12/c1-29(25(34)21(11-16-7-8-16)28-23(32)17-9-10-17)15-22(31)30-14-18(12-20(30)13-26)24(33)27-19-5-3-2-4-6-19;1-5(2,3)4/h2-6,16-18,20-21H,7-12,14-15H2,1H3,(H,27,33)(H,28,32);1-4H3. The number of nitrogens with one attached hydrogen (secondary N) is 2. The van der Waals surface area contributed by atoms with Crippen LogP contribution in [0.3, 0.4) is 0 Å². The fourth-order valence-corrected chi connectivity index (χ4v) is 4.37. The SMILES string of the molecule is CC(C)(C)C.CN(CC(=O)N1CC(C(=O)Nc2ccccc2)CC1C#N)C(=O)C(CC1CC1)NC(=O)C1CC1. The minimum Gasteiger partial charge on any atom is -0.344 e. The van der Waals surface area contributed by atoms with Crippen molar-refractivity contribution < 1.29 is 19.2 Å². The molecule has 3 fully saturated rings. The van der Waals surface area contributed by atoms with Gasteiger partial charge in [-0.15, -0.1) is 0 Å². The van der Waals surface area contributed by atoms with Crippen LogP contribution in [0.15, 0.2) is 30.3 Å². The smallest absolute Gasteiger partial charge is 0.245 e. The zero-order chi connectivity index (χ0) is 28.7. The first-order valence-corrected chi connectivity index (χ1v) is 14.0. The van der Waals surface area contributed by atoms with Gasteiger partial charge in [0, 0.05) is 25.2 Å². The summed E-state index contributed by atoms with van der Waals surface area (Å²) < 4.78 is 0. The van der Waals surface area contributed by atoms with Gasteiger partial charge >= 0.3 is 0 Å². The van der Waals surface area contributed by atoms with Crippen molar-refractivity contribution >= 4 is 29.3 Å². The first-order valence-electron chi connectivity index (χ1n) is 14.0. The second-order valence-corrected chi connectivity index (χ2v) is 12.7. The molecule has 212 valence electrons. The van der Waals surface area contributed by atoms with Crippen molar-refractivity contribution in [1.82, 2.24) is 15.1 Å². The molecular formula is C30H43N5O4. The molecule has 3 aliphatic rings. The van der Waals surface area contributed by atoms with Crippen molar-refractivity contribution in [3.8, 4) is 6.07 Å². The molecule has 1 aromatic carbocycles. The molecule has 3 unspecified atom stereocenters. The molecule has 2 saturated carbocycles. The van der Waals surface area contributed by atoms with Gasteiger partial charge in [0.15, 0.2) is 0 Å². The second kappa shape index (κ2) is 13.1. The molecule has 3 atom stereocenters. The first-order chi connectivity index (χ1) is 18.4. The molecule has 0 radical (unpaired) electrons. The maximum absolute atomic E-state index is 13.1. The van der Waals surface area contributed by atoms with Gasteiger partial charge < -0.3 is 20.4 Å². The van der Waals surface area contributed by atoms with Crippen LogP contribution in [0, 0.1) is 34.5 Å². The summed E-state index contributed by atoms with van der Waals surface area (Å²) in [6.07, 6.45) is 4.65. The van der Waals surface area contributed by atoms with Crippen molar-refractivity contribution in [3.63, 3.8) is 0 Å². The molecule has 2 N–H and O–H groups in total. The van der Waals surface area contributed by atoms with E-state index in [0.29, 0.717) is 23.4 Å². The number of carbonyl (C=O) groups excluding carboxylic acids is 4. The van der Waals surface area contributed by atoms with Crippen LogP contribution in [0.25, 0.3) is 0 Å². The fourth-order valence-electron chi connectivity index (χ4n) is 4.37. The van der Waals surface area contributed by atoms with Crippen molar-refractivity contribution in [2.24, 2.45) is 23.2 Å². The third-order valence-electron chi connectivity index (χ3n) is 6.76. The maximum atomic E-state index is 13.1. The Hall–Kier alpha value is -3.41. The summed E-state index contributed by atoms with van der Waals surface area (Å²) in [5, 5.41) is 15.3. The second-order valence-electron chi connectivity index (χ2n) is 12.7. The highest BCUT2D eigenvalue weighted by Crippen LogP contribution is 2.35. The molecule has 9 nitrogen and oxygen atoms in total. The number of nitrogens with zero attached hydrogens (tertiary/aromatic N) is 3. The zero-order valence-electron chi connectivity index (χ0n) is 23.9. The van der Waals surface area contributed by atoms with Crippen molar-refractivity contribution in [1.29, 1.82) is 5.26 Å². The predicted molar refractivity (Wildman–Crippen MR) is 149 cm³/mol. The highest BCUT2D eigenvalue weighted by Gasteiger charge is 2.40. The molecule has 1 saturated heterocycles. The van der Waals surface area contributed by atoms with E-state index in [1.54, 1.807) is 19.2 Å². The Morgan fingerprint density at radius 2 is 1.64 bits per heavy atom. The Bertz CT molecular complexity index is 1060. The van der Waals surface area contributed by atoms with E-state index in [9.17, 15) is 24.4 Å². The van der Waals surface area contributed by atoms with E-state index in [1.165, 1.54) is 9.80 Å². The highest BCUT2D eigenvalue weighted by atomic mass is 16.2. The minimum absolute atomic E-state index is 0.00129. The van der Waals surface area contributed by atoms with E-state index in [0.717, 1.165) is 25.7 Å². The number of para-hydroxylation sites is 1. The van der Waals surface area contributed by atoms with Crippen LogP contribution in [0.4, 0.5) is 5.69 Å². The number of likely N-dealkylation sites (tertiary alicyclic amines) is 1. The van der Waals surface area contributed by atoms with Crippen molar-refractivity contribution in [2.45, 2.75) is 78.3 Å². The number of anilines is 1. The normalized spacial score (nSPS) is 21.1. The van der Waals surface area contributed by atoms with Gasteiger partial charge in [-0.3, -0.25) is 19.2 Å². The van der Waals surface area contributed by atoms with Crippen LogP contribution in [0.2, 0.25) is 0 Å². The van der Waals surface area contributed by atoms with Gasteiger partial charge in [-0.1, -0.05) is 58.7 Å². The molecule has 1 aliphatic heterocycles. The number of amides is 4. The van der Waals surface area contributed by atoms with E-state index < -0.39 is 18.0 Å². The summed E-state index contributed by atoms with van der Waals surface area (Å²) in [4.78, 5) is 53.7. The third kappa shape index (κ3) is 10.0. The van der Waals surface area contributed by atoms with E-state index in [1.807, 2.05) is 18.2 Å². The first kappa shape index (κ1) is 30.1. The van der Waals surface area contributed by atoms with Crippen LogP contribution in [0.5, 0.6) is 0 Å². The molecule has 1 heterocycles. The summed E-state index contributed by atoms with van der Waals surface area (Å²) in [6, 6.07) is 9.79. The van der Waals surface area contributed by atoms with Crippen LogP contribution in [-0.2, 0) is 19.2 Å². The molecule has 4 rings (SSSR count).